The molecule has 0 saturated heterocycles. The number of ether oxygens (including phenoxy) is 3. The van der Waals surface area contributed by atoms with Crippen LogP contribution in [0.3, 0.4) is 0 Å². The van der Waals surface area contributed by atoms with E-state index >= 15 is 0 Å². The first-order valence-electron chi connectivity index (χ1n) is 26.5. The number of rotatable bonds is 44. The fraction of sp³-hybridized carbons (Fsp3) is 0.453. The normalized spacial score (nSPS) is 13.7. The van der Waals surface area contributed by atoms with Crippen LogP contribution >= 0.6 is 0 Å². The van der Waals surface area contributed by atoms with Crippen molar-refractivity contribution in [2.24, 2.45) is 0 Å². The maximum atomic E-state index is 12.8. The Balaban J connectivity index is 4.70. The van der Waals surface area contributed by atoms with Crippen LogP contribution in [0.5, 0.6) is 0 Å². The standard InChI is InChI=1S/C64H92O6/c1-4-7-10-13-16-19-22-25-28-30-32-34-36-39-42-45-48-51-54-57-63(66)69-60-61(59-68-62(65)56-53-50-47-44-41-38-27-24-21-18-15-12-9-6-3)70-64(67)58-55-52-49-46-43-40-37-35-33-31-29-26-23-20-17-14-11-8-5-2/h7-13,16-22,25-30,32-36,38-40,42-43,49,52,61H,4-6,14-15,23-24,31,37,41,44-48,50-51,53-60H2,1-3H3/b10-7-,11-8-,12-9-,16-13-,20-17-,21-18-,22-19-,28-25-,29-26-,32-30+,35-33-,36-34-,38-27-,42-39-,43-40-,52-49-. The van der Waals surface area contributed by atoms with Gasteiger partial charge in [-0.1, -0.05) is 234 Å². The highest BCUT2D eigenvalue weighted by atomic mass is 16.6. The second kappa shape index (κ2) is 55.8. The van der Waals surface area contributed by atoms with Crippen molar-refractivity contribution in [1.29, 1.82) is 0 Å². The van der Waals surface area contributed by atoms with Crippen molar-refractivity contribution in [3.63, 3.8) is 0 Å². The molecule has 0 aromatic rings. The summed E-state index contributed by atoms with van der Waals surface area (Å²) in [5, 5.41) is 0. The van der Waals surface area contributed by atoms with Gasteiger partial charge in [-0.05, 0) is 109 Å². The lowest BCUT2D eigenvalue weighted by atomic mass is 10.1. The fourth-order valence-electron chi connectivity index (χ4n) is 6.17. The van der Waals surface area contributed by atoms with Crippen molar-refractivity contribution in [3.8, 4) is 0 Å². The van der Waals surface area contributed by atoms with Gasteiger partial charge >= 0.3 is 17.9 Å². The second-order valence-corrected chi connectivity index (χ2v) is 16.5. The van der Waals surface area contributed by atoms with E-state index in [1.54, 1.807) is 0 Å². The summed E-state index contributed by atoms with van der Waals surface area (Å²) in [6, 6.07) is 0. The van der Waals surface area contributed by atoms with E-state index in [0.717, 1.165) is 116 Å². The van der Waals surface area contributed by atoms with Crippen LogP contribution in [0.15, 0.2) is 194 Å². The van der Waals surface area contributed by atoms with Gasteiger partial charge in [0.25, 0.3) is 0 Å². The molecule has 0 aliphatic rings. The van der Waals surface area contributed by atoms with E-state index in [9.17, 15) is 14.4 Å². The third-order valence-corrected chi connectivity index (χ3v) is 10.0. The quantitative estimate of drug-likeness (QED) is 0.0199. The monoisotopic (exact) mass is 957 g/mol. The van der Waals surface area contributed by atoms with E-state index in [-0.39, 0.29) is 38.0 Å². The zero-order chi connectivity index (χ0) is 50.7. The minimum Gasteiger partial charge on any atom is -0.462 e. The molecule has 0 aromatic carbocycles. The van der Waals surface area contributed by atoms with Gasteiger partial charge in [-0.25, -0.2) is 0 Å². The first kappa shape index (κ1) is 64.2. The summed E-state index contributed by atoms with van der Waals surface area (Å²) < 4.78 is 16.7. The predicted molar refractivity (Wildman–Crippen MR) is 301 cm³/mol. The van der Waals surface area contributed by atoms with E-state index < -0.39 is 12.1 Å². The average molecular weight is 957 g/mol. The Hall–Kier alpha value is -5.75. The minimum absolute atomic E-state index is 0.147. The Morgan fingerprint density at radius 2 is 0.614 bits per heavy atom. The van der Waals surface area contributed by atoms with Crippen molar-refractivity contribution in [2.45, 2.75) is 175 Å². The average Bonchev–Trinajstić information content (AvgIpc) is 3.36. The zero-order valence-corrected chi connectivity index (χ0v) is 43.7. The number of unbranched alkanes of at least 4 members (excludes halogenated alkanes) is 7. The minimum atomic E-state index is -0.860. The molecular formula is C64H92O6. The summed E-state index contributed by atoms with van der Waals surface area (Å²) in [6.07, 6.45) is 85.6. The molecule has 384 valence electrons. The molecule has 0 aliphatic carbocycles. The van der Waals surface area contributed by atoms with Crippen LogP contribution in [0.25, 0.3) is 0 Å². The molecule has 0 bridgehead atoms. The van der Waals surface area contributed by atoms with Crippen molar-refractivity contribution in [1.82, 2.24) is 0 Å². The lowest BCUT2D eigenvalue weighted by Gasteiger charge is -2.18. The van der Waals surface area contributed by atoms with Gasteiger partial charge in [-0.3, -0.25) is 14.4 Å². The van der Waals surface area contributed by atoms with Crippen molar-refractivity contribution >= 4 is 17.9 Å². The van der Waals surface area contributed by atoms with Gasteiger partial charge in [0.1, 0.15) is 13.2 Å². The smallest absolute Gasteiger partial charge is 0.306 e. The third-order valence-electron chi connectivity index (χ3n) is 10.0. The van der Waals surface area contributed by atoms with Gasteiger partial charge in [-0.15, -0.1) is 0 Å². The van der Waals surface area contributed by atoms with Crippen LogP contribution in [0.1, 0.15) is 168 Å². The molecule has 0 fully saturated rings. The van der Waals surface area contributed by atoms with E-state index in [4.69, 9.17) is 14.2 Å². The van der Waals surface area contributed by atoms with Crippen molar-refractivity contribution < 1.29 is 28.6 Å². The summed E-state index contributed by atoms with van der Waals surface area (Å²) in [5.74, 6) is -1.12. The van der Waals surface area contributed by atoms with E-state index in [0.29, 0.717) is 19.3 Å². The summed E-state index contributed by atoms with van der Waals surface area (Å²) in [7, 11) is 0. The summed E-state index contributed by atoms with van der Waals surface area (Å²) in [5.41, 5.74) is 0. The zero-order valence-electron chi connectivity index (χ0n) is 43.7. The predicted octanol–water partition coefficient (Wildman–Crippen LogP) is 17.9. The van der Waals surface area contributed by atoms with Crippen LogP contribution in [0.4, 0.5) is 0 Å². The van der Waals surface area contributed by atoms with Gasteiger partial charge in [-0.2, -0.15) is 0 Å². The number of carbonyl (C=O) groups excluding carboxylic acids is 3. The Morgan fingerprint density at radius 3 is 1.03 bits per heavy atom. The molecule has 0 rings (SSSR count). The molecule has 70 heavy (non-hydrogen) atoms. The summed E-state index contributed by atoms with van der Waals surface area (Å²) in [6.45, 7) is 6.10. The summed E-state index contributed by atoms with van der Waals surface area (Å²) >= 11 is 0. The first-order valence-corrected chi connectivity index (χ1v) is 26.5. The van der Waals surface area contributed by atoms with E-state index in [2.05, 4.69) is 130 Å². The molecule has 6 heteroatoms. The third kappa shape index (κ3) is 53.2. The Kier molecular flexibility index (Phi) is 51.3. The van der Waals surface area contributed by atoms with Gasteiger partial charge in [0.05, 0.1) is 0 Å². The van der Waals surface area contributed by atoms with Crippen LogP contribution < -0.4 is 0 Å². The highest BCUT2D eigenvalue weighted by Gasteiger charge is 2.19. The van der Waals surface area contributed by atoms with Crippen LogP contribution in [-0.2, 0) is 28.6 Å². The maximum absolute atomic E-state index is 12.8. The van der Waals surface area contributed by atoms with E-state index in [1.807, 2.05) is 85.1 Å². The fourth-order valence-corrected chi connectivity index (χ4v) is 6.17. The topological polar surface area (TPSA) is 78.9 Å². The largest absolute Gasteiger partial charge is 0.462 e. The molecule has 0 N–H and O–H groups in total. The lowest BCUT2D eigenvalue weighted by Crippen LogP contribution is -2.30. The van der Waals surface area contributed by atoms with Crippen molar-refractivity contribution in [2.75, 3.05) is 13.2 Å². The van der Waals surface area contributed by atoms with E-state index in [1.165, 1.54) is 0 Å². The SMILES string of the molecule is CC\C=C/C=C\C=C/C=C\C=C\C=C/C=C\CCCCCC(=O)OCC(COC(=O)CCCCCC/C=C\C/C=C\C/C=C\CC)OC(=O)CC/C=C\C/C=C\C/C=C\C/C=C\C/C=C\C/C=C\CC. The first-order chi connectivity index (χ1) is 34.5. The number of esters is 3. The molecule has 0 heterocycles. The number of hydrogen-bond donors (Lipinski definition) is 0. The van der Waals surface area contributed by atoms with Gasteiger partial charge in [0.2, 0.25) is 0 Å². The van der Waals surface area contributed by atoms with Crippen LogP contribution in [0, 0.1) is 0 Å². The lowest BCUT2D eigenvalue weighted by molar-refractivity contribution is -0.166. The highest BCUT2D eigenvalue weighted by Crippen LogP contribution is 2.10. The van der Waals surface area contributed by atoms with Crippen molar-refractivity contribution in [3.05, 3.63) is 194 Å². The van der Waals surface area contributed by atoms with Crippen LogP contribution in [-0.4, -0.2) is 37.2 Å². The molecule has 1 unspecified atom stereocenters. The molecule has 1 atom stereocenters. The van der Waals surface area contributed by atoms with Gasteiger partial charge < -0.3 is 14.2 Å². The second-order valence-electron chi connectivity index (χ2n) is 16.5. The Morgan fingerprint density at radius 1 is 0.300 bits per heavy atom. The number of allylic oxidation sites excluding steroid dienone is 32. The number of hydrogen-bond acceptors (Lipinski definition) is 6. The number of carbonyl (C=O) groups is 3. The molecule has 6 nitrogen and oxygen atoms in total. The molecule has 0 aliphatic heterocycles. The molecular weight excluding hydrogens is 865 g/mol. The molecule has 0 saturated carbocycles. The molecule has 0 amide bonds. The molecule has 0 aromatic heterocycles. The highest BCUT2D eigenvalue weighted by molar-refractivity contribution is 5.71. The van der Waals surface area contributed by atoms with Gasteiger partial charge in [0, 0.05) is 19.3 Å². The Labute approximate surface area is 427 Å². The summed E-state index contributed by atoms with van der Waals surface area (Å²) in [4.78, 5) is 38.0. The molecule has 0 spiro atoms. The van der Waals surface area contributed by atoms with Gasteiger partial charge in [0.15, 0.2) is 6.10 Å². The van der Waals surface area contributed by atoms with Crippen LogP contribution in [0.2, 0.25) is 0 Å². The maximum Gasteiger partial charge on any atom is 0.306 e. The molecule has 0 radical (unpaired) electrons. The Bertz CT molecular complexity index is 1760.